The number of benzene rings is 3. The van der Waals surface area contributed by atoms with Gasteiger partial charge in [0, 0.05) is 12.0 Å². The fourth-order valence-corrected chi connectivity index (χ4v) is 3.93. The van der Waals surface area contributed by atoms with E-state index in [-0.39, 0.29) is 17.8 Å². The summed E-state index contributed by atoms with van der Waals surface area (Å²) in [6, 6.07) is 19.0. The lowest BCUT2D eigenvalue weighted by Crippen LogP contribution is -2.45. The second kappa shape index (κ2) is 10.7. The molecule has 0 radical (unpaired) electrons. The molecule has 8 heteroatoms. The summed E-state index contributed by atoms with van der Waals surface area (Å²) in [6.45, 7) is 1.52. The number of hydrogen-bond acceptors (Lipinski definition) is 5. The summed E-state index contributed by atoms with van der Waals surface area (Å²) in [4.78, 5) is 36.8. The second-order valence-corrected chi connectivity index (χ2v) is 8.31. The van der Waals surface area contributed by atoms with E-state index in [2.05, 4.69) is 15.5 Å². The van der Waals surface area contributed by atoms with E-state index in [1.54, 1.807) is 30.3 Å². The minimum Gasteiger partial charge on any atom is -0.495 e. The summed E-state index contributed by atoms with van der Waals surface area (Å²) < 4.78 is 5.62. The first-order valence-corrected chi connectivity index (χ1v) is 11.4. The molecule has 4 aromatic rings. The van der Waals surface area contributed by atoms with Gasteiger partial charge >= 0.3 is 0 Å². The molecule has 8 nitrogen and oxygen atoms in total. The minimum atomic E-state index is -0.887. The number of H-pyrrole nitrogens is 1. The van der Waals surface area contributed by atoms with E-state index in [9.17, 15) is 14.4 Å². The van der Waals surface area contributed by atoms with Crippen LogP contribution in [-0.4, -0.2) is 40.9 Å². The number of aromatic nitrogens is 2. The van der Waals surface area contributed by atoms with Crippen molar-refractivity contribution in [3.8, 4) is 5.75 Å². The molecule has 0 aliphatic carbocycles. The van der Waals surface area contributed by atoms with Gasteiger partial charge in [0.15, 0.2) is 5.78 Å². The number of carbonyl (C=O) groups excluding carboxylic acids is 3. The molecule has 1 aromatic heterocycles. The van der Waals surface area contributed by atoms with Crippen LogP contribution in [0.1, 0.15) is 44.5 Å². The van der Waals surface area contributed by atoms with Gasteiger partial charge in [0.2, 0.25) is 5.91 Å². The number of fused-ring (bicyclic) bond motifs is 1. The number of primary amides is 1. The van der Waals surface area contributed by atoms with Gasteiger partial charge < -0.3 is 15.8 Å². The number of amides is 2. The quantitative estimate of drug-likeness (QED) is 0.313. The largest absolute Gasteiger partial charge is 0.495 e. The lowest BCUT2D eigenvalue weighted by atomic mass is 10.0. The van der Waals surface area contributed by atoms with Gasteiger partial charge in [0.05, 0.1) is 29.3 Å². The highest BCUT2D eigenvalue weighted by Crippen LogP contribution is 2.32. The van der Waals surface area contributed by atoms with Crippen molar-refractivity contribution in [2.75, 3.05) is 7.11 Å². The molecule has 4 N–H and O–H groups in total. The molecule has 0 saturated heterocycles. The van der Waals surface area contributed by atoms with Crippen LogP contribution < -0.4 is 15.8 Å². The van der Waals surface area contributed by atoms with E-state index in [0.29, 0.717) is 27.9 Å². The molecule has 3 aromatic carbocycles. The second-order valence-electron chi connectivity index (χ2n) is 8.31. The molecule has 1 unspecified atom stereocenters. The van der Waals surface area contributed by atoms with Crippen LogP contribution in [-0.2, 0) is 11.2 Å². The zero-order valence-electron chi connectivity index (χ0n) is 19.9. The van der Waals surface area contributed by atoms with Gasteiger partial charge in [-0.15, -0.1) is 0 Å². The highest BCUT2D eigenvalue weighted by Gasteiger charge is 2.24. The maximum absolute atomic E-state index is 13.2. The number of hydrogen-bond donors (Lipinski definition) is 3. The number of aromatic amines is 1. The van der Waals surface area contributed by atoms with Crippen LogP contribution in [0.25, 0.3) is 23.1 Å². The summed E-state index contributed by atoms with van der Waals surface area (Å²) in [5.74, 6) is -0.783. The molecular weight excluding hydrogens is 456 g/mol. The Hall–Kier alpha value is -4.72. The first-order valence-electron chi connectivity index (χ1n) is 11.4. The Morgan fingerprint density at radius 1 is 1.03 bits per heavy atom. The monoisotopic (exact) mass is 482 g/mol. The van der Waals surface area contributed by atoms with Crippen molar-refractivity contribution in [3.63, 3.8) is 0 Å². The molecule has 1 atom stereocenters. The standard InChI is InChI=1S/C28H26N4O4/c1-17(33)20-11-8-18(9-12-20)10-14-22-25-23(32-31-22)15-13-21(26(25)36-2)28(35)30-24(27(29)34)16-19-6-4-3-5-7-19/h3-15,24H,16H2,1-2H3,(H2,29,34)(H,30,35)(H,31,32). The van der Waals surface area contributed by atoms with Crippen molar-refractivity contribution in [3.05, 3.63) is 94.7 Å². The third-order valence-corrected chi connectivity index (χ3v) is 5.84. The van der Waals surface area contributed by atoms with Gasteiger partial charge in [0.25, 0.3) is 5.91 Å². The summed E-state index contributed by atoms with van der Waals surface area (Å²) >= 11 is 0. The molecule has 1 heterocycles. The Morgan fingerprint density at radius 2 is 1.75 bits per heavy atom. The van der Waals surface area contributed by atoms with Gasteiger partial charge in [-0.3, -0.25) is 19.5 Å². The molecule has 0 aliphatic rings. The van der Waals surface area contributed by atoms with Gasteiger partial charge in [-0.2, -0.15) is 5.10 Å². The highest BCUT2D eigenvalue weighted by atomic mass is 16.5. The van der Waals surface area contributed by atoms with Crippen LogP contribution >= 0.6 is 0 Å². The van der Waals surface area contributed by atoms with Crippen molar-refractivity contribution in [1.29, 1.82) is 0 Å². The molecule has 0 spiro atoms. The third-order valence-electron chi connectivity index (χ3n) is 5.84. The van der Waals surface area contributed by atoms with Crippen molar-refractivity contribution in [2.24, 2.45) is 5.73 Å². The van der Waals surface area contributed by atoms with E-state index >= 15 is 0 Å². The van der Waals surface area contributed by atoms with Crippen molar-refractivity contribution in [1.82, 2.24) is 15.5 Å². The number of Topliss-reactive ketones (excluding diaryl/α,β-unsaturated/α-hetero) is 1. The maximum Gasteiger partial charge on any atom is 0.255 e. The SMILES string of the molecule is COc1c(C(=O)NC(Cc2ccccc2)C(N)=O)ccc2[nH]nc(C=Cc3ccc(C(C)=O)cc3)c12. The van der Waals surface area contributed by atoms with Crippen molar-refractivity contribution in [2.45, 2.75) is 19.4 Å². The lowest BCUT2D eigenvalue weighted by molar-refractivity contribution is -0.119. The third kappa shape index (κ3) is 5.33. The first-order chi connectivity index (χ1) is 17.4. The molecule has 2 amide bonds. The molecule has 182 valence electrons. The van der Waals surface area contributed by atoms with E-state index in [4.69, 9.17) is 10.5 Å². The number of rotatable bonds is 9. The average molecular weight is 483 g/mol. The van der Waals surface area contributed by atoms with E-state index < -0.39 is 17.9 Å². The molecule has 0 aliphatic heterocycles. The van der Waals surface area contributed by atoms with Gasteiger partial charge in [-0.05, 0) is 36.3 Å². The smallest absolute Gasteiger partial charge is 0.255 e. The number of methoxy groups -OCH3 is 1. The van der Waals surface area contributed by atoms with E-state index in [1.807, 2.05) is 48.5 Å². The highest BCUT2D eigenvalue weighted by molar-refractivity contribution is 6.06. The zero-order valence-corrected chi connectivity index (χ0v) is 19.9. The molecule has 4 rings (SSSR count). The Morgan fingerprint density at radius 3 is 2.39 bits per heavy atom. The summed E-state index contributed by atoms with van der Waals surface area (Å²) in [5.41, 5.74) is 9.48. The zero-order chi connectivity index (χ0) is 25.7. The number of ketones is 1. The Bertz CT molecular complexity index is 1440. The minimum absolute atomic E-state index is 0.00158. The van der Waals surface area contributed by atoms with Gasteiger partial charge in [-0.25, -0.2) is 0 Å². The Balaban J connectivity index is 1.62. The van der Waals surface area contributed by atoms with E-state index in [0.717, 1.165) is 11.1 Å². The molecule has 36 heavy (non-hydrogen) atoms. The molecule has 0 bridgehead atoms. The first kappa shape index (κ1) is 24.4. The molecular formula is C28H26N4O4. The average Bonchev–Trinajstić information content (AvgIpc) is 3.30. The van der Waals surface area contributed by atoms with Crippen LogP contribution in [0.5, 0.6) is 5.75 Å². The van der Waals surface area contributed by atoms with E-state index in [1.165, 1.54) is 14.0 Å². The fourth-order valence-electron chi connectivity index (χ4n) is 3.93. The van der Waals surface area contributed by atoms with Crippen LogP contribution in [0.4, 0.5) is 0 Å². The van der Waals surface area contributed by atoms with Crippen LogP contribution in [0.3, 0.4) is 0 Å². The van der Waals surface area contributed by atoms with Gasteiger partial charge in [-0.1, -0.05) is 60.7 Å². The van der Waals surface area contributed by atoms with Crippen LogP contribution in [0.2, 0.25) is 0 Å². The number of nitrogens with one attached hydrogen (secondary N) is 2. The lowest BCUT2D eigenvalue weighted by Gasteiger charge is -2.17. The van der Waals surface area contributed by atoms with Crippen molar-refractivity contribution < 1.29 is 19.1 Å². The molecule has 0 saturated carbocycles. The van der Waals surface area contributed by atoms with Crippen LogP contribution in [0, 0.1) is 0 Å². The van der Waals surface area contributed by atoms with Crippen molar-refractivity contribution >= 4 is 40.7 Å². The Labute approximate surface area is 208 Å². The fraction of sp³-hybridized carbons (Fsp3) is 0.143. The summed E-state index contributed by atoms with van der Waals surface area (Å²) in [6.07, 6.45) is 3.93. The number of ether oxygens (including phenoxy) is 1. The van der Waals surface area contributed by atoms with Gasteiger partial charge in [0.1, 0.15) is 11.8 Å². The number of nitrogens with zero attached hydrogens (tertiary/aromatic N) is 1. The molecule has 0 fully saturated rings. The summed E-state index contributed by atoms with van der Waals surface area (Å²) in [7, 11) is 1.47. The number of nitrogens with two attached hydrogens (primary N) is 1. The summed E-state index contributed by atoms with van der Waals surface area (Å²) in [5, 5.41) is 10.7. The van der Waals surface area contributed by atoms with Crippen LogP contribution in [0.15, 0.2) is 66.7 Å². The Kier molecular flexibility index (Phi) is 7.25. The topological polar surface area (TPSA) is 127 Å². The predicted octanol–water partition coefficient (Wildman–Crippen LogP) is 3.77. The predicted molar refractivity (Wildman–Crippen MR) is 139 cm³/mol. The number of carbonyl (C=O) groups is 3. The maximum atomic E-state index is 13.2. The normalized spacial score (nSPS) is 11.9.